The molecule has 122 valence electrons. The van der Waals surface area contributed by atoms with Gasteiger partial charge in [0.15, 0.2) is 5.82 Å². The summed E-state index contributed by atoms with van der Waals surface area (Å²) in [4.78, 5) is 23.8. The van der Waals surface area contributed by atoms with Gasteiger partial charge in [-0.3, -0.25) is 14.3 Å². The van der Waals surface area contributed by atoms with Gasteiger partial charge in [0.1, 0.15) is 0 Å². The van der Waals surface area contributed by atoms with Crippen LogP contribution in [0, 0.1) is 5.82 Å². The number of hydrogen-bond donors (Lipinski definition) is 1. The number of aromatic nitrogens is 2. The van der Waals surface area contributed by atoms with Crippen molar-refractivity contribution in [2.45, 2.75) is 13.0 Å². The van der Waals surface area contributed by atoms with Gasteiger partial charge in [0.2, 0.25) is 11.3 Å². The monoisotopic (exact) mass is 345 g/mol. The Kier molecular flexibility index (Phi) is 4.57. The minimum Gasteiger partial charge on any atom is -0.323 e. The molecular formula is C17H13ClFN3O2. The van der Waals surface area contributed by atoms with Gasteiger partial charge in [-0.05, 0) is 24.3 Å². The Labute approximate surface area is 141 Å². The quantitative estimate of drug-likeness (QED) is 0.789. The molecule has 1 amide bonds. The third kappa shape index (κ3) is 3.28. The van der Waals surface area contributed by atoms with Gasteiger partial charge in [-0.2, -0.15) is 5.10 Å². The molecule has 0 aliphatic rings. The van der Waals surface area contributed by atoms with Crippen LogP contribution in [-0.4, -0.2) is 15.7 Å². The van der Waals surface area contributed by atoms with Crippen molar-refractivity contribution >= 4 is 34.1 Å². The second-order valence-corrected chi connectivity index (χ2v) is 5.56. The Balaban J connectivity index is 1.74. The van der Waals surface area contributed by atoms with Crippen LogP contribution >= 0.6 is 11.6 Å². The molecule has 0 unspecified atom stereocenters. The standard InChI is InChI=1S/C17H13ClFN3O2/c18-12-5-3-6-13(17(12)19)21-16(24)8-9-22-14-7-2-1-4-11(14)15(23)10-20-22/h1-7,10H,8-9H2,(H,21,24). The molecule has 0 aliphatic carbocycles. The third-order valence-corrected chi connectivity index (χ3v) is 3.83. The van der Waals surface area contributed by atoms with Crippen molar-refractivity contribution in [3.05, 3.63) is 69.7 Å². The minimum atomic E-state index is -0.667. The van der Waals surface area contributed by atoms with Crippen molar-refractivity contribution in [1.29, 1.82) is 0 Å². The van der Waals surface area contributed by atoms with Gasteiger partial charge in [0, 0.05) is 11.8 Å². The number of nitrogens with one attached hydrogen (secondary N) is 1. The predicted octanol–water partition coefficient (Wildman–Crippen LogP) is 3.22. The number of hydrogen-bond acceptors (Lipinski definition) is 3. The normalized spacial score (nSPS) is 10.8. The van der Waals surface area contributed by atoms with E-state index >= 15 is 0 Å². The van der Waals surface area contributed by atoms with Gasteiger partial charge in [-0.15, -0.1) is 0 Å². The average Bonchev–Trinajstić information content (AvgIpc) is 2.59. The topological polar surface area (TPSA) is 64.0 Å². The molecule has 0 saturated heterocycles. The Hall–Kier alpha value is -2.73. The molecule has 1 aromatic heterocycles. The number of carbonyl (C=O) groups excluding carboxylic acids is 1. The summed E-state index contributed by atoms with van der Waals surface area (Å²) in [7, 11) is 0. The van der Waals surface area contributed by atoms with Gasteiger partial charge in [0.05, 0.1) is 29.0 Å². The number of carbonyl (C=O) groups is 1. The summed E-state index contributed by atoms with van der Waals surface area (Å²) in [6, 6.07) is 11.4. The van der Waals surface area contributed by atoms with Crippen LogP contribution in [0.5, 0.6) is 0 Å². The molecule has 0 saturated carbocycles. The van der Waals surface area contributed by atoms with Crippen molar-refractivity contribution in [1.82, 2.24) is 9.78 Å². The number of amides is 1. The maximum absolute atomic E-state index is 13.8. The molecule has 1 heterocycles. The Morgan fingerprint density at radius 2 is 2.00 bits per heavy atom. The number of nitrogens with zero attached hydrogens (tertiary/aromatic N) is 2. The minimum absolute atomic E-state index is 0.0326. The van der Waals surface area contributed by atoms with E-state index in [1.165, 1.54) is 18.3 Å². The summed E-state index contributed by atoms with van der Waals surface area (Å²) in [6.45, 7) is 0.259. The molecular weight excluding hydrogens is 333 g/mol. The van der Waals surface area contributed by atoms with Crippen LogP contribution in [0.4, 0.5) is 10.1 Å². The first kappa shape index (κ1) is 16.1. The first-order valence-electron chi connectivity index (χ1n) is 7.25. The first-order chi connectivity index (χ1) is 11.6. The number of benzene rings is 2. The largest absolute Gasteiger partial charge is 0.323 e. The zero-order valence-corrected chi connectivity index (χ0v) is 13.3. The van der Waals surface area contributed by atoms with Crippen LogP contribution in [0.1, 0.15) is 6.42 Å². The number of fused-ring (bicyclic) bond motifs is 1. The molecule has 0 bridgehead atoms. The highest BCUT2D eigenvalue weighted by Crippen LogP contribution is 2.22. The predicted molar refractivity (Wildman–Crippen MR) is 90.7 cm³/mol. The highest BCUT2D eigenvalue weighted by molar-refractivity contribution is 6.31. The first-order valence-corrected chi connectivity index (χ1v) is 7.63. The van der Waals surface area contributed by atoms with Crippen LogP contribution in [0.3, 0.4) is 0 Å². The van der Waals surface area contributed by atoms with E-state index < -0.39 is 5.82 Å². The second kappa shape index (κ2) is 6.80. The number of rotatable bonds is 4. The maximum atomic E-state index is 13.8. The molecule has 1 N–H and O–H groups in total. The summed E-state index contributed by atoms with van der Waals surface area (Å²) >= 11 is 5.68. The lowest BCUT2D eigenvalue weighted by Crippen LogP contribution is -2.18. The maximum Gasteiger partial charge on any atom is 0.226 e. The fraction of sp³-hybridized carbons (Fsp3) is 0.118. The van der Waals surface area contributed by atoms with E-state index in [-0.39, 0.29) is 35.0 Å². The zero-order valence-electron chi connectivity index (χ0n) is 12.5. The Morgan fingerprint density at radius 3 is 2.83 bits per heavy atom. The third-order valence-electron chi connectivity index (χ3n) is 3.54. The fourth-order valence-corrected chi connectivity index (χ4v) is 2.53. The molecule has 0 fully saturated rings. The van der Waals surface area contributed by atoms with Gasteiger partial charge < -0.3 is 5.32 Å². The summed E-state index contributed by atoms with van der Waals surface area (Å²) in [6.07, 6.45) is 1.29. The molecule has 2 aromatic carbocycles. The SMILES string of the molecule is O=C(CCn1ncc(=O)c2ccccc21)Nc1cccc(Cl)c1F. The molecule has 5 nitrogen and oxygen atoms in total. The van der Waals surface area contributed by atoms with E-state index in [0.29, 0.717) is 10.9 Å². The molecule has 3 aromatic rings. The number of aryl methyl sites for hydroxylation is 1. The van der Waals surface area contributed by atoms with E-state index in [1.54, 1.807) is 35.0 Å². The molecule has 24 heavy (non-hydrogen) atoms. The van der Waals surface area contributed by atoms with Crippen LogP contribution in [0.2, 0.25) is 5.02 Å². The lowest BCUT2D eigenvalue weighted by Gasteiger charge is -2.10. The highest BCUT2D eigenvalue weighted by atomic mass is 35.5. The number of halogens is 2. The zero-order chi connectivity index (χ0) is 17.1. The fourth-order valence-electron chi connectivity index (χ4n) is 2.36. The van der Waals surface area contributed by atoms with Gasteiger partial charge in [-0.25, -0.2) is 4.39 Å². The molecule has 7 heteroatoms. The Bertz CT molecular complexity index is 971. The summed E-state index contributed by atoms with van der Waals surface area (Å²) in [5, 5.41) is 7.01. The lowest BCUT2D eigenvalue weighted by atomic mass is 10.2. The van der Waals surface area contributed by atoms with E-state index in [9.17, 15) is 14.0 Å². The van der Waals surface area contributed by atoms with Crippen molar-refractivity contribution in [3.63, 3.8) is 0 Å². The van der Waals surface area contributed by atoms with Crippen LogP contribution < -0.4 is 10.7 Å². The van der Waals surface area contributed by atoms with Gasteiger partial charge in [0.25, 0.3) is 0 Å². The number of para-hydroxylation sites is 1. The molecule has 3 rings (SSSR count). The molecule has 0 spiro atoms. The second-order valence-electron chi connectivity index (χ2n) is 5.15. The van der Waals surface area contributed by atoms with E-state index in [2.05, 4.69) is 10.4 Å². The van der Waals surface area contributed by atoms with E-state index in [1.807, 2.05) is 0 Å². The van der Waals surface area contributed by atoms with Gasteiger partial charge >= 0.3 is 0 Å². The van der Waals surface area contributed by atoms with Gasteiger partial charge in [-0.1, -0.05) is 29.8 Å². The molecule has 0 atom stereocenters. The summed E-state index contributed by atoms with van der Waals surface area (Å²) < 4.78 is 15.4. The van der Waals surface area contributed by atoms with Crippen LogP contribution in [0.25, 0.3) is 10.9 Å². The van der Waals surface area contributed by atoms with Crippen molar-refractivity contribution in [2.75, 3.05) is 5.32 Å². The van der Waals surface area contributed by atoms with Crippen molar-refractivity contribution in [3.8, 4) is 0 Å². The van der Waals surface area contributed by atoms with E-state index in [0.717, 1.165) is 0 Å². The molecule has 0 aliphatic heterocycles. The molecule has 0 radical (unpaired) electrons. The Morgan fingerprint density at radius 1 is 1.21 bits per heavy atom. The van der Waals surface area contributed by atoms with Crippen LogP contribution in [0.15, 0.2) is 53.5 Å². The van der Waals surface area contributed by atoms with E-state index in [4.69, 9.17) is 11.6 Å². The lowest BCUT2D eigenvalue weighted by molar-refractivity contribution is -0.116. The number of anilines is 1. The van der Waals surface area contributed by atoms with Crippen LogP contribution in [-0.2, 0) is 11.3 Å². The summed E-state index contributed by atoms with van der Waals surface area (Å²) in [5.74, 6) is -1.04. The average molecular weight is 346 g/mol. The highest BCUT2D eigenvalue weighted by Gasteiger charge is 2.10. The van der Waals surface area contributed by atoms with Crippen molar-refractivity contribution in [2.24, 2.45) is 0 Å². The van der Waals surface area contributed by atoms with Crippen molar-refractivity contribution < 1.29 is 9.18 Å². The smallest absolute Gasteiger partial charge is 0.226 e. The summed E-state index contributed by atoms with van der Waals surface area (Å²) in [5.41, 5.74) is 0.504.